The number of carboxylic acid groups (broad SMARTS) is 1. The van der Waals surface area contributed by atoms with Gasteiger partial charge in [-0.15, -0.1) is 0 Å². The van der Waals surface area contributed by atoms with Gasteiger partial charge in [0.25, 0.3) is 6.47 Å². The Morgan fingerprint density at radius 1 is 1.29 bits per heavy atom. The van der Waals surface area contributed by atoms with E-state index in [4.69, 9.17) is 5.11 Å². The summed E-state index contributed by atoms with van der Waals surface area (Å²) in [5.41, 5.74) is -0.318. The summed E-state index contributed by atoms with van der Waals surface area (Å²) in [6, 6.07) is 0. The van der Waals surface area contributed by atoms with Crippen LogP contribution in [-0.4, -0.2) is 36.7 Å². The molecule has 0 saturated heterocycles. The number of carboxylic acids is 1. The molecule has 0 aliphatic carbocycles. The maximum Gasteiger partial charge on any atom is 0.303 e. The molecule has 0 radical (unpaired) electrons. The zero-order valence-electron chi connectivity index (χ0n) is 11.3. The average molecular weight is 247 g/mol. The molecule has 0 aromatic heterocycles. The van der Waals surface area contributed by atoms with Crippen molar-refractivity contribution in [2.24, 2.45) is 0 Å². The second kappa shape index (κ2) is 11.4. The molecular formula is C12H25NO4. The number of ether oxygens (including phenoxy) is 1. The molecule has 5 heteroatoms. The summed E-state index contributed by atoms with van der Waals surface area (Å²) in [4.78, 5) is 19.6. The molecule has 0 amide bonds. The van der Waals surface area contributed by atoms with Crippen LogP contribution in [0.15, 0.2) is 0 Å². The number of rotatable bonds is 7. The summed E-state index contributed by atoms with van der Waals surface area (Å²) in [5.74, 6) is -0.690. The highest BCUT2D eigenvalue weighted by Crippen LogP contribution is 2.02. The quantitative estimate of drug-likeness (QED) is 0.530. The van der Waals surface area contributed by atoms with Crippen molar-refractivity contribution in [2.45, 2.75) is 52.1 Å². The van der Waals surface area contributed by atoms with E-state index in [2.05, 4.69) is 10.1 Å². The van der Waals surface area contributed by atoms with Crippen LogP contribution >= 0.6 is 0 Å². The predicted octanol–water partition coefficient (Wildman–Crippen LogP) is 1.81. The zero-order chi connectivity index (χ0) is 13.7. The van der Waals surface area contributed by atoms with E-state index in [0.29, 0.717) is 12.9 Å². The van der Waals surface area contributed by atoms with Crippen LogP contribution < -0.4 is 5.32 Å². The predicted molar refractivity (Wildman–Crippen MR) is 66.9 cm³/mol. The van der Waals surface area contributed by atoms with Crippen LogP contribution in [0.3, 0.4) is 0 Å². The third-order valence-corrected chi connectivity index (χ3v) is 1.72. The monoisotopic (exact) mass is 247 g/mol. The SMILES string of the molecule is CC(C)(C)OC=O.CNCCCCCC(=O)O. The Hall–Kier alpha value is -1.10. The lowest BCUT2D eigenvalue weighted by atomic mass is 10.2. The molecule has 0 fully saturated rings. The van der Waals surface area contributed by atoms with E-state index in [-0.39, 0.29) is 5.60 Å². The molecule has 5 nitrogen and oxygen atoms in total. The van der Waals surface area contributed by atoms with E-state index >= 15 is 0 Å². The Balaban J connectivity index is 0. The van der Waals surface area contributed by atoms with Gasteiger partial charge in [0.15, 0.2) is 0 Å². The van der Waals surface area contributed by atoms with Gasteiger partial charge < -0.3 is 15.2 Å². The van der Waals surface area contributed by atoms with Crippen molar-refractivity contribution in [3.8, 4) is 0 Å². The molecule has 0 heterocycles. The maximum atomic E-state index is 10.0. The summed E-state index contributed by atoms with van der Waals surface area (Å²) in [5, 5.41) is 11.3. The van der Waals surface area contributed by atoms with Crippen molar-refractivity contribution >= 4 is 12.4 Å². The molecule has 2 N–H and O–H groups in total. The zero-order valence-corrected chi connectivity index (χ0v) is 11.3. The molecule has 0 saturated carbocycles. The second-order valence-electron chi connectivity index (χ2n) is 4.63. The third-order valence-electron chi connectivity index (χ3n) is 1.72. The van der Waals surface area contributed by atoms with Gasteiger partial charge in [-0.3, -0.25) is 9.59 Å². The Kier molecular flexibility index (Phi) is 12.2. The smallest absolute Gasteiger partial charge is 0.303 e. The summed E-state index contributed by atoms with van der Waals surface area (Å²) in [7, 11) is 1.90. The van der Waals surface area contributed by atoms with Crippen LogP contribution in [0.1, 0.15) is 46.5 Å². The van der Waals surface area contributed by atoms with Gasteiger partial charge in [-0.05, 0) is 47.2 Å². The highest BCUT2D eigenvalue weighted by atomic mass is 16.5. The van der Waals surface area contributed by atoms with Crippen molar-refractivity contribution in [1.82, 2.24) is 5.32 Å². The third kappa shape index (κ3) is 25.3. The first-order chi connectivity index (χ1) is 7.83. The molecule has 17 heavy (non-hydrogen) atoms. The van der Waals surface area contributed by atoms with E-state index in [0.717, 1.165) is 25.8 Å². The van der Waals surface area contributed by atoms with Crippen molar-refractivity contribution in [3.05, 3.63) is 0 Å². The fraction of sp³-hybridized carbons (Fsp3) is 0.833. The van der Waals surface area contributed by atoms with Crippen LogP contribution in [0.25, 0.3) is 0 Å². The lowest BCUT2D eigenvalue weighted by Crippen LogP contribution is -2.17. The van der Waals surface area contributed by atoms with E-state index in [9.17, 15) is 9.59 Å². The van der Waals surface area contributed by atoms with Gasteiger partial charge in [0.2, 0.25) is 0 Å². The largest absolute Gasteiger partial charge is 0.481 e. The minimum Gasteiger partial charge on any atom is -0.481 e. The van der Waals surface area contributed by atoms with Crippen LogP contribution in [0.5, 0.6) is 0 Å². The van der Waals surface area contributed by atoms with Crippen molar-refractivity contribution < 1.29 is 19.4 Å². The van der Waals surface area contributed by atoms with Crippen molar-refractivity contribution in [3.63, 3.8) is 0 Å². The number of unbranched alkanes of at least 4 members (excludes halogenated alkanes) is 2. The molecule has 0 bridgehead atoms. The number of aliphatic carboxylic acids is 1. The molecule has 0 aromatic carbocycles. The van der Waals surface area contributed by atoms with Crippen LogP contribution in [-0.2, 0) is 14.3 Å². The molecule has 0 rings (SSSR count). The number of nitrogens with one attached hydrogen (secondary N) is 1. The topological polar surface area (TPSA) is 75.6 Å². The van der Waals surface area contributed by atoms with Crippen LogP contribution in [0.4, 0.5) is 0 Å². The highest BCUT2D eigenvalue weighted by molar-refractivity contribution is 5.66. The Bertz CT molecular complexity index is 199. The number of hydrogen-bond acceptors (Lipinski definition) is 4. The first kappa shape index (κ1) is 18.3. The molecule has 0 unspecified atom stereocenters. The van der Waals surface area contributed by atoms with Gasteiger partial charge in [0.1, 0.15) is 5.60 Å². The molecular weight excluding hydrogens is 222 g/mol. The molecule has 0 aliphatic heterocycles. The summed E-state index contributed by atoms with van der Waals surface area (Å²) < 4.78 is 4.55. The lowest BCUT2D eigenvalue weighted by Gasteiger charge is -2.14. The average Bonchev–Trinajstić information content (AvgIpc) is 2.16. The number of carbonyl (C=O) groups excluding carboxylic acids is 1. The normalized spacial score (nSPS) is 10.1. The highest BCUT2D eigenvalue weighted by Gasteiger charge is 2.07. The molecule has 0 aliphatic rings. The fourth-order valence-electron chi connectivity index (χ4n) is 0.899. The summed E-state index contributed by atoms with van der Waals surface area (Å²) in [6.07, 6.45) is 3.19. The number of carbonyl (C=O) groups is 2. The lowest BCUT2D eigenvalue weighted by molar-refractivity contribution is -0.139. The first-order valence-electron chi connectivity index (χ1n) is 5.81. The minimum absolute atomic E-state index is 0.309. The first-order valence-corrected chi connectivity index (χ1v) is 5.81. The van der Waals surface area contributed by atoms with E-state index in [1.807, 2.05) is 27.8 Å². The van der Waals surface area contributed by atoms with Gasteiger partial charge in [0.05, 0.1) is 0 Å². The fourth-order valence-corrected chi connectivity index (χ4v) is 0.899. The molecule has 0 atom stereocenters. The maximum absolute atomic E-state index is 10.0. The van der Waals surface area contributed by atoms with Gasteiger partial charge in [-0.2, -0.15) is 0 Å². The van der Waals surface area contributed by atoms with E-state index in [1.54, 1.807) is 0 Å². The van der Waals surface area contributed by atoms with Gasteiger partial charge in [0, 0.05) is 6.42 Å². The van der Waals surface area contributed by atoms with E-state index in [1.165, 1.54) is 0 Å². The minimum atomic E-state index is -0.690. The second-order valence-corrected chi connectivity index (χ2v) is 4.63. The van der Waals surface area contributed by atoms with Crippen molar-refractivity contribution in [1.29, 1.82) is 0 Å². The molecule has 0 aromatic rings. The Labute approximate surface area is 104 Å². The van der Waals surface area contributed by atoms with Gasteiger partial charge >= 0.3 is 5.97 Å². The van der Waals surface area contributed by atoms with Crippen LogP contribution in [0, 0.1) is 0 Å². The summed E-state index contributed by atoms with van der Waals surface area (Å²) in [6.45, 7) is 6.91. The standard InChI is InChI=1S/C7H15NO2.C5H10O2/c1-8-6-4-2-3-5-7(9)10;1-5(2,3)7-4-6/h8H,2-6H2,1H3,(H,9,10);4H,1-3H3. The van der Waals surface area contributed by atoms with Gasteiger partial charge in [-0.25, -0.2) is 0 Å². The molecule has 0 spiro atoms. The molecule has 102 valence electrons. The Morgan fingerprint density at radius 3 is 2.18 bits per heavy atom. The van der Waals surface area contributed by atoms with Crippen LogP contribution in [0.2, 0.25) is 0 Å². The summed E-state index contributed by atoms with van der Waals surface area (Å²) >= 11 is 0. The Morgan fingerprint density at radius 2 is 1.88 bits per heavy atom. The van der Waals surface area contributed by atoms with E-state index < -0.39 is 5.97 Å². The van der Waals surface area contributed by atoms with Gasteiger partial charge in [-0.1, -0.05) is 6.42 Å². The number of hydrogen-bond donors (Lipinski definition) is 2. The van der Waals surface area contributed by atoms with Crippen molar-refractivity contribution in [2.75, 3.05) is 13.6 Å².